The number of nitrogens with zero attached hydrogens (tertiary/aromatic N) is 2. The maximum absolute atomic E-state index is 13.1. The minimum Gasteiger partial charge on any atom is -0.392 e. The molecular formula is C18H25FN4O5S. The van der Waals surface area contributed by atoms with Crippen LogP contribution in [0.25, 0.3) is 0 Å². The third-order valence-electron chi connectivity index (χ3n) is 5.35. The number of nitrogens with two attached hydrogens (primary N) is 1. The molecule has 0 bridgehead atoms. The van der Waals surface area contributed by atoms with E-state index in [4.69, 9.17) is 5.73 Å². The molecule has 0 spiro atoms. The first-order chi connectivity index (χ1) is 13.7. The fourth-order valence-corrected chi connectivity index (χ4v) is 5.46. The largest absolute Gasteiger partial charge is 0.392 e. The van der Waals surface area contributed by atoms with Gasteiger partial charge in [0, 0.05) is 32.6 Å². The number of rotatable bonds is 5. The third-order valence-corrected chi connectivity index (χ3v) is 7.24. The van der Waals surface area contributed by atoms with Crippen LogP contribution in [0.3, 0.4) is 0 Å². The van der Waals surface area contributed by atoms with Crippen molar-refractivity contribution in [1.82, 2.24) is 14.5 Å². The Kier molecular flexibility index (Phi) is 6.39. The van der Waals surface area contributed by atoms with Crippen molar-refractivity contribution >= 4 is 22.0 Å². The van der Waals surface area contributed by atoms with Gasteiger partial charge in [-0.1, -0.05) is 0 Å². The van der Waals surface area contributed by atoms with E-state index in [9.17, 15) is 27.5 Å². The van der Waals surface area contributed by atoms with Crippen LogP contribution in [0, 0.1) is 11.7 Å². The van der Waals surface area contributed by atoms with Gasteiger partial charge in [-0.3, -0.25) is 4.79 Å². The lowest BCUT2D eigenvalue weighted by molar-refractivity contribution is -0.124. The molecule has 11 heteroatoms. The van der Waals surface area contributed by atoms with Gasteiger partial charge in [0.15, 0.2) is 0 Å². The summed E-state index contributed by atoms with van der Waals surface area (Å²) in [6.07, 6.45) is 0.594. The Balaban J connectivity index is 1.67. The molecule has 0 aromatic heterocycles. The van der Waals surface area contributed by atoms with Gasteiger partial charge in [0.1, 0.15) is 11.9 Å². The molecule has 0 aliphatic carbocycles. The number of carbonyl (C=O) groups is 2. The number of amides is 3. The highest BCUT2D eigenvalue weighted by molar-refractivity contribution is 7.89. The molecule has 1 unspecified atom stereocenters. The number of likely N-dealkylation sites (tertiary alicyclic amines) is 1. The summed E-state index contributed by atoms with van der Waals surface area (Å²) in [7, 11) is -4.07. The zero-order chi connectivity index (χ0) is 21.2. The minimum absolute atomic E-state index is 0.0219. The lowest BCUT2D eigenvalue weighted by Gasteiger charge is -2.32. The van der Waals surface area contributed by atoms with Crippen molar-refractivity contribution in [2.24, 2.45) is 11.7 Å². The van der Waals surface area contributed by atoms with Gasteiger partial charge in [0.2, 0.25) is 15.9 Å². The molecule has 160 valence electrons. The highest BCUT2D eigenvalue weighted by atomic mass is 32.2. The van der Waals surface area contributed by atoms with Crippen LogP contribution in [0.4, 0.5) is 9.18 Å². The van der Waals surface area contributed by atoms with E-state index in [2.05, 4.69) is 5.32 Å². The SMILES string of the molecule is NC(=O)N1CCCC(CNC(=O)[C@@H]2C[C@@H](O)CN2S(=O)(=O)c2ccc(F)cc2)C1. The first-order valence-electron chi connectivity index (χ1n) is 9.46. The monoisotopic (exact) mass is 428 g/mol. The van der Waals surface area contributed by atoms with E-state index in [0.717, 1.165) is 41.4 Å². The van der Waals surface area contributed by atoms with Crippen LogP contribution in [0.5, 0.6) is 0 Å². The molecule has 1 aromatic rings. The zero-order valence-electron chi connectivity index (χ0n) is 15.8. The molecule has 2 heterocycles. The molecule has 9 nitrogen and oxygen atoms in total. The number of hydrogen-bond acceptors (Lipinski definition) is 5. The van der Waals surface area contributed by atoms with Gasteiger partial charge in [-0.15, -0.1) is 0 Å². The van der Waals surface area contributed by atoms with E-state index in [1.807, 2.05) is 0 Å². The van der Waals surface area contributed by atoms with Crippen molar-refractivity contribution in [1.29, 1.82) is 0 Å². The second-order valence-corrected chi connectivity index (χ2v) is 9.36. The second kappa shape index (κ2) is 8.64. The molecule has 2 aliphatic heterocycles. The van der Waals surface area contributed by atoms with Gasteiger partial charge in [0.25, 0.3) is 0 Å². The van der Waals surface area contributed by atoms with Crippen LogP contribution in [-0.4, -0.2) is 73.0 Å². The van der Waals surface area contributed by atoms with Gasteiger partial charge in [-0.05, 0) is 43.0 Å². The highest BCUT2D eigenvalue weighted by Gasteiger charge is 2.43. The number of piperidine rings is 1. The first-order valence-corrected chi connectivity index (χ1v) is 10.9. The van der Waals surface area contributed by atoms with Crippen molar-refractivity contribution in [3.63, 3.8) is 0 Å². The number of urea groups is 1. The number of nitrogens with one attached hydrogen (secondary N) is 1. The number of primary amides is 1. The van der Waals surface area contributed by atoms with E-state index < -0.39 is 39.9 Å². The number of aliphatic hydroxyl groups is 1. The Bertz CT molecular complexity index is 864. The van der Waals surface area contributed by atoms with Gasteiger partial charge >= 0.3 is 6.03 Å². The summed E-state index contributed by atoms with van der Waals surface area (Å²) in [5.41, 5.74) is 5.31. The topological polar surface area (TPSA) is 133 Å². The van der Waals surface area contributed by atoms with E-state index >= 15 is 0 Å². The van der Waals surface area contributed by atoms with Crippen LogP contribution in [-0.2, 0) is 14.8 Å². The molecule has 3 rings (SSSR count). The van der Waals surface area contributed by atoms with Crippen molar-refractivity contribution in [2.45, 2.75) is 36.3 Å². The fourth-order valence-electron chi connectivity index (χ4n) is 3.82. The van der Waals surface area contributed by atoms with Gasteiger partial charge in [-0.25, -0.2) is 17.6 Å². The molecule has 2 saturated heterocycles. The molecule has 3 amide bonds. The van der Waals surface area contributed by atoms with Crippen molar-refractivity contribution in [2.75, 3.05) is 26.2 Å². The number of aliphatic hydroxyl groups excluding tert-OH is 1. The summed E-state index contributed by atoms with van der Waals surface area (Å²) < 4.78 is 39.9. The number of β-amino-alcohol motifs (C(OH)–C–C–N with tert-alkyl or cyclic N) is 1. The van der Waals surface area contributed by atoms with Crippen molar-refractivity contribution in [3.05, 3.63) is 30.1 Å². The van der Waals surface area contributed by atoms with Crippen molar-refractivity contribution in [3.8, 4) is 0 Å². The van der Waals surface area contributed by atoms with E-state index in [1.165, 1.54) is 4.90 Å². The summed E-state index contributed by atoms with van der Waals surface area (Å²) in [6.45, 7) is 1.08. The number of hydrogen-bond donors (Lipinski definition) is 3. The highest BCUT2D eigenvalue weighted by Crippen LogP contribution is 2.27. The molecule has 1 aromatic carbocycles. The molecule has 0 radical (unpaired) electrons. The predicted octanol–water partition coefficient (Wildman–Crippen LogP) is -0.143. The lowest BCUT2D eigenvalue weighted by atomic mass is 9.98. The van der Waals surface area contributed by atoms with Crippen LogP contribution in [0.1, 0.15) is 19.3 Å². The average Bonchev–Trinajstić information content (AvgIpc) is 3.09. The zero-order valence-corrected chi connectivity index (χ0v) is 16.6. The average molecular weight is 428 g/mol. The fraction of sp³-hybridized carbons (Fsp3) is 0.556. The van der Waals surface area contributed by atoms with Crippen LogP contribution >= 0.6 is 0 Å². The predicted molar refractivity (Wildman–Crippen MR) is 102 cm³/mol. The molecule has 29 heavy (non-hydrogen) atoms. The standard InChI is InChI=1S/C18H25FN4O5S/c19-13-3-5-15(6-4-13)29(27,28)23-11-14(24)8-16(23)17(25)21-9-12-2-1-7-22(10-12)18(20)26/h3-6,12,14,16,24H,1-2,7-11H2,(H2,20,26)(H,21,25)/t12?,14-,16+/m1/s1. The molecular weight excluding hydrogens is 403 g/mol. The smallest absolute Gasteiger partial charge is 0.314 e. The summed E-state index contributed by atoms with van der Waals surface area (Å²) >= 11 is 0. The van der Waals surface area contributed by atoms with E-state index in [1.54, 1.807) is 0 Å². The minimum atomic E-state index is -4.07. The maximum atomic E-state index is 13.1. The normalized spacial score (nSPS) is 25.7. The summed E-state index contributed by atoms with van der Waals surface area (Å²) in [5, 5.41) is 12.7. The quantitative estimate of drug-likeness (QED) is 0.600. The van der Waals surface area contributed by atoms with E-state index in [0.29, 0.717) is 13.1 Å². The Morgan fingerprint density at radius 1 is 1.24 bits per heavy atom. The number of benzene rings is 1. The van der Waals surface area contributed by atoms with Crippen LogP contribution < -0.4 is 11.1 Å². The summed E-state index contributed by atoms with van der Waals surface area (Å²) in [4.78, 5) is 25.4. The molecule has 2 fully saturated rings. The van der Waals surface area contributed by atoms with Gasteiger partial charge in [0.05, 0.1) is 11.0 Å². The maximum Gasteiger partial charge on any atom is 0.314 e. The lowest BCUT2D eigenvalue weighted by Crippen LogP contribution is -2.49. The van der Waals surface area contributed by atoms with Crippen LogP contribution in [0.15, 0.2) is 29.2 Å². The second-order valence-electron chi connectivity index (χ2n) is 7.47. The van der Waals surface area contributed by atoms with Gasteiger partial charge < -0.3 is 21.1 Å². The molecule has 4 N–H and O–H groups in total. The Labute approximate surface area is 168 Å². The third kappa shape index (κ3) is 4.85. The van der Waals surface area contributed by atoms with E-state index in [-0.39, 0.29) is 30.3 Å². The molecule has 2 aliphatic rings. The van der Waals surface area contributed by atoms with Crippen molar-refractivity contribution < 1.29 is 27.5 Å². The number of carbonyl (C=O) groups excluding carboxylic acids is 2. The Hall–Kier alpha value is -2.24. The molecule has 0 saturated carbocycles. The van der Waals surface area contributed by atoms with Gasteiger partial charge in [-0.2, -0.15) is 4.31 Å². The number of halogens is 1. The summed E-state index contributed by atoms with van der Waals surface area (Å²) in [6, 6.07) is 2.76. The number of sulfonamides is 1. The summed E-state index contributed by atoms with van der Waals surface area (Å²) in [5.74, 6) is -1.06. The Morgan fingerprint density at radius 3 is 2.59 bits per heavy atom. The first kappa shape index (κ1) is 21.5. The molecule has 3 atom stereocenters. The van der Waals surface area contributed by atoms with Crippen LogP contribution in [0.2, 0.25) is 0 Å². The Morgan fingerprint density at radius 2 is 1.93 bits per heavy atom.